The zero-order valence-electron chi connectivity index (χ0n) is 16.9. The summed E-state index contributed by atoms with van der Waals surface area (Å²) < 4.78 is 6.41. The van der Waals surface area contributed by atoms with Crippen LogP contribution in [0.3, 0.4) is 0 Å². The Morgan fingerprint density at radius 2 is 1.93 bits per heavy atom. The van der Waals surface area contributed by atoms with E-state index in [1.165, 1.54) is 11.8 Å². The Morgan fingerprint density at radius 1 is 1.17 bits per heavy atom. The zero-order valence-corrected chi connectivity index (χ0v) is 17.7. The Bertz CT molecular complexity index is 1300. The van der Waals surface area contributed by atoms with E-state index in [2.05, 4.69) is 11.1 Å². The molecule has 0 radical (unpaired) electrons. The summed E-state index contributed by atoms with van der Waals surface area (Å²) in [6.45, 7) is 5.76. The van der Waals surface area contributed by atoms with Crippen LogP contribution in [0.1, 0.15) is 26.3 Å². The highest BCUT2D eigenvalue weighted by Crippen LogP contribution is 2.38. The van der Waals surface area contributed by atoms with Gasteiger partial charge in [-0.2, -0.15) is 5.26 Å². The Labute approximate surface area is 178 Å². The predicted molar refractivity (Wildman–Crippen MR) is 118 cm³/mol. The van der Waals surface area contributed by atoms with E-state index in [1.54, 1.807) is 13.1 Å². The number of hydrogen-bond acceptors (Lipinski definition) is 6. The summed E-state index contributed by atoms with van der Waals surface area (Å²) in [4.78, 5) is 21.6. The zero-order chi connectivity index (χ0) is 21.3. The third-order valence-electron chi connectivity index (χ3n) is 4.78. The lowest BCUT2D eigenvalue weighted by molar-refractivity contribution is -0.145. The van der Waals surface area contributed by atoms with Crippen molar-refractivity contribution in [2.45, 2.75) is 30.7 Å². The van der Waals surface area contributed by atoms with Gasteiger partial charge in [-0.15, -0.1) is 0 Å². The van der Waals surface area contributed by atoms with Gasteiger partial charge in [-0.3, -0.25) is 9.36 Å². The average Bonchev–Trinajstić information content (AvgIpc) is 3.10. The molecule has 2 heterocycles. The van der Waals surface area contributed by atoms with E-state index in [-0.39, 0.29) is 5.97 Å². The SMILES string of the molecule is CCOC(=O)C(C)(C)Sc1nc2ncccc2n1-c1ccc(C#N)c2ccccc12. The molecule has 30 heavy (non-hydrogen) atoms. The third kappa shape index (κ3) is 3.40. The van der Waals surface area contributed by atoms with E-state index in [4.69, 9.17) is 9.72 Å². The first-order chi connectivity index (χ1) is 14.5. The van der Waals surface area contributed by atoms with Crippen LogP contribution in [0.15, 0.2) is 59.9 Å². The molecule has 2 aromatic heterocycles. The van der Waals surface area contributed by atoms with Gasteiger partial charge in [-0.25, -0.2) is 9.97 Å². The molecule has 2 aromatic carbocycles. The number of nitriles is 1. The van der Waals surface area contributed by atoms with Crippen molar-refractivity contribution < 1.29 is 9.53 Å². The lowest BCUT2D eigenvalue weighted by atomic mass is 10.0. The second-order valence-electron chi connectivity index (χ2n) is 7.20. The molecule has 0 spiro atoms. The van der Waals surface area contributed by atoms with E-state index in [0.29, 0.717) is 23.0 Å². The number of carbonyl (C=O) groups excluding carboxylic acids is 1. The van der Waals surface area contributed by atoms with Gasteiger partial charge < -0.3 is 4.74 Å². The molecule has 0 amide bonds. The van der Waals surface area contributed by atoms with Crippen LogP contribution in [0, 0.1) is 11.3 Å². The van der Waals surface area contributed by atoms with Gasteiger partial charge in [0.1, 0.15) is 4.75 Å². The fourth-order valence-electron chi connectivity index (χ4n) is 3.34. The number of esters is 1. The van der Waals surface area contributed by atoms with E-state index in [9.17, 15) is 10.1 Å². The monoisotopic (exact) mass is 416 g/mol. The largest absolute Gasteiger partial charge is 0.465 e. The highest BCUT2D eigenvalue weighted by atomic mass is 32.2. The van der Waals surface area contributed by atoms with Gasteiger partial charge >= 0.3 is 5.97 Å². The van der Waals surface area contributed by atoms with Gasteiger partial charge in [0, 0.05) is 17.0 Å². The Kier molecular flexibility index (Phi) is 5.18. The predicted octanol–water partition coefficient (Wildman–Crippen LogP) is 4.88. The molecule has 7 heteroatoms. The number of thioether (sulfide) groups is 1. The van der Waals surface area contributed by atoms with Crippen molar-refractivity contribution in [2.75, 3.05) is 6.61 Å². The third-order valence-corrected chi connectivity index (χ3v) is 5.91. The first-order valence-electron chi connectivity index (χ1n) is 9.58. The Morgan fingerprint density at radius 3 is 2.67 bits per heavy atom. The first-order valence-corrected chi connectivity index (χ1v) is 10.4. The maximum absolute atomic E-state index is 12.5. The molecule has 0 atom stereocenters. The molecule has 0 N–H and O–H groups in total. The minimum Gasteiger partial charge on any atom is -0.465 e. The summed E-state index contributed by atoms with van der Waals surface area (Å²) in [5, 5.41) is 11.9. The maximum Gasteiger partial charge on any atom is 0.322 e. The first kappa shape index (κ1) is 19.9. The molecule has 0 aliphatic rings. The van der Waals surface area contributed by atoms with Crippen LogP contribution in [0.2, 0.25) is 0 Å². The van der Waals surface area contributed by atoms with Gasteiger partial charge in [0.15, 0.2) is 10.8 Å². The maximum atomic E-state index is 12.5. The summed E-state index contributed by atoms with van der Waals surface area (Å²) in [6, 6.07) is 17.6. The number of aromatic nitrogens is 3. The van der Waals surface area contributed by atoms with Gasteiger partial charge in [-0.1, -0.05) is 36.0 Å². The van der Waals surface area contributed by atoms with Gasteiger partial charge in [0.25, 0.3) is 0 Å². The fourth-order valence-corrected chi connectivity index (χ4v) is 4.36. The van der Waals surface area contributed by atoms with Crippen LogP contribution in [0.25, 0.3) is 27.6 Å². The van der Waals surface area contributed by atoms with E-state index in [0.717, 1.165) is 22.0 Å². The minimum absolute atomic E-state index is 0.300. The van der Waals surface area contributed by atoms with Crippen molar-refractivity contribution >= 4 is 39.7 Å². The molecule has 4 aromatic rings. The number of carbonyl (C=O) groups is 1. The summed E-state index contributed by atoms with van der Waals surface area (Å²) in [6.07, 6.45) is 1.70. The Balaban J connectivity index is 1.96. The molecule has 0 unspecified atom stereocenters. The standard InChI is InChI=1S/C23H20N4O2S/c1-4-29-21(28)23(2,3)30-22-26-20-19(10-7-13-25-20)27(22)18-12-11-15(14-24)16-8-5-6-9-17(16)18/h5-13H,4H2,1-3H3. The van der Waals surface area contributed by atoms with E-state index >= 15 is 0 Å². The van der Waals surface area contributed by atoms with Crippen LogP contribution in [-0.4, -0.2) is 31.9 Å². The molecule has 0 fully saturated rings. The van der Waals surface area contributed by atoms with Crippen LogP contribution in [-0.2, 0) is 9.53 Å². The van der Waals surface area contributed by atoms with Crippen molar-refractivity contribution in [1.82, 2.24) is 14.5 Å². The van der Waals surface area contributed by atoms with E-state index in [1.807, 2.05) is 66.9 Å². The van der Waals surface area contributed by atoms with Crippen LogP contribution >= 0.6 is 11.8 Å². The van der Waals surface area contributed by atoms with Crippen LogP contribution in [0.4, 0.5) is 0 Å². The highest BCUT2D eigenvalue weighted by molar-refractivity contribution is 8.01. The van der Waals surface area contributed by atoms with E-state index < -0.39 is 4.75 Å². The number of pyridine rings is 1. The van der Waals surface area contributed by atoms with Crippen molar-refractivity contribution in [3.63, 3.8) is 0 Å². The number of hydrogen-bond donors (Lipinski definition) is 0. The molecular weight excluding hydrogens is 396 g/mol. The molecular formula is C23H20N4O2S. The number of ether oxygens (including phenoxy) is 1. The fraction of sp³-hybridized carbons (Fsp3) is 0.217. The molecule has 150 valence electrons. The minimum atomic E-state index is -0.836. The smallest absolute Gasteiger partial charge is 0.322 e. The Hall–Kier alpha value is -3.37. The van der Waals surface area contributed by atoms with Crippen LogP contribution < -0.4 is 0 Å². The number of imidazole rings is 1. The number of fused-ring (bicyclic) bond motifs is 2. The molecule has 4 rings (SSSR count). The van der Waals surface area contributed by atoms with Crippen molar-refractivity contribution in [2.24, 2.45) is 0 Å². The normalized spacial score (nSPS) is 11.5. The lowest BCUT2D eigenvalue weighted by Gasteiger charge is -2.22. The summed E-state index contributed by atoms with van der Waals surface area (Å²) in [5.41, 5.74) is 2.91. The van der Waals surface area contributed by atoms with Crippen LogP contribution in [0.5, 0.6) is 0 Å². The second kappa shape index (κ2) is 7.81. The van der Waals surface area contributed by atoms with Crippen molar-refractivity contribution in [3.05, 3.63) is 60.3 Å². The molecule has 0 saturated carbocycles. The number of rotatable bonds is 5. The summed E-state index contributed by atoms with van der Waals surface area (Å²) >= 11 is 1.33. The average molecular weight is 417 g/mol. The molecule has 0 aliphatic heterocycles. The molecule has 0 bridgehead atoms. The quantitative estimate of drug-likeness (QED) is 0.341. The summed E-state index contributed by atoms with van der Waals surface area (Å²) in [5.74, 6) is -0.300. The number of benzene rings is 2. The van der Waals surface area contributed by atoms with Crippen molar-refractivity contribution in [1.29, 1.82) is 5.26 Å². The second-order valence-corrected chi connectivity index (χ2v) is 8.79. The van der Waals surface area contributed by atoms with Gasteiger partial charge in [-0.05, 0) is 45.0 Å². The molecule has 0 saturated heterocycles. The number of nitrogens with zero attached hydrogens (tertiary/aromatic N) is 4. The summed E-state index contributed by atoms with van der Waals surface area (Å²) in [7, 11) is 0. The molecule has 6 nitrogen and oxygen atoms in total. The van der Waals surface area contributed by atoms with Gasteiger partial charge in [0.2, 0.25) is 0 Å². The lowest BCUT2D eigenvalue weighted by Crippen LogP contribution is -2.30. The molecule has 0 aliphatic carbocycles. The van der Waals surface area contributed by atoms with Crippen molar-refractivity contribution in [3.8, 4) is 11.8 Å². The topological polar surface area (TPSA) is 80.8 Å². The van der Waals surface area contributed by atoms with Gasteiger partial charge in [0.05, 0.1) is 29.4 Å². The highest BCUT2D eigenvalue weighted by Gasteiger charge is 2.33.